The summed E-state index contributed by atoms with van der Waals surface area (Å²) in [5.74, 6) is 0.842. The molecular formula is C16H27N5O. The molecule has 2 saturated heterocycles. The van der Waals surface area contributed by atoms with Gasteiger partial charge in [0.25, 0.3) is 0 Å². The molecule has 1 aromatic rings. The van der Waals surface area contributed by atoms with Crippen LogP contribution in [0.2, 0.25) is 0 Å². The van der Waals surface area contributed by atoms with Crippen molar-refractivity contribution in [2.45, 2.75) is 20.0 Å². The molecule has 0 amide bonds. The highest BCUT2D eigenvalue weighted by molar-refractivity contribution is 5.33. The summed E-state index contributed by atoms with van der Waals surface area (Å²) in [7, 11) is 2.19. The zero-order valence-electron chi connectivity index (χ0n) is 14.0. The average Bonchev–Trinajstić information content (AvgIpc) is 2.53. The lowest BCUT2D eigenvalue weighted by Gasteiger charge is -2.38. The Morgan fingerprint density at radius 3 is 2.68 bits per heavy atom. The van der Waals surface area contributed by atoms with Gasteiger partial charge in [0, 0.05) is 57.7 Å². The van der Waals surface area contributed by atoms with Gasteiger partial charge in [0.1, 0.15) is 0 Å². The standard InChI is InChI=1S/C16H27N5O/c1-13-10-17-16(18-14(13)2)21-8-9-22-15(12-21)11-20-6-4-19(3)5-7-20/h10,15H,4-9,11-12H2,1-3H3. The molecule has 6 nitrogen and oxygen atoms in total. The lowest BCUT2D eigenvalue weighted by atomic mass is 10.2. The quantitative estimate of drug-likeness (QED) is 0.812. The Hall–Kier alpha value is -1.24. The first-order valence-electron chi connectivity index (χ1n) is 8.19. The van der Waals surface area contributed by atoms with Crippen LogP contribution in [0.15, 0.2) is 6.20 Å². The van der Waals surface area contributed by atoms with E-state index in [-0.39, 0.29) is 6.10 Å². The number of hydrogen-bond acceptors (Lipinski definition) is 6. The molecule has 6 heteroatoms. The molecule has 0 spiro atoms. The average molecular weight is 305 g/mol. The van der Waals surface area contributed by atoms with Crippen molar-refractivity contribution in [3.05, 3.63) is 17.5 Å². The van der Waals surface area contributed by atoms with Gasteiger partial charge in [-0.25, -0.2) is 9.97 Å². The van der Waals surface area contributed by atoms with Crippen molar-refractivity contribution in [2.24, 2.45) is 0 Å². The van der Waals surface area contributed by atoms with Gasteiger partial charge < -0.3 is 14.5 Å². The van der Waals surface area contributed by atoms with Gasteiger partial charge in [-0.3, -0.25) is 4.90 Å². The Morgan fingerprint density at radius 2 is 1.95 bits per heavy atom. The zero-order valence-corrected chi connectivity index (χ0v) is 14.0. The summed E-state index contributed by atoms with van der Waals surface area (Å²) in [5, 5.41) is 0. The number of likely N-dealkylation sites (N-methyl/N-ethyl adjacent to an activating group) is 1. The normalized spacial score (nSPS) is 24.7. The molecule has 22 heavy (non-hydrogen) atoms. The molecule has 2 fully saturated rings. The Kier molecular flexibility index (Phi) is 4.90. The van der Waals surface area contributed by atoms with Crippen LogP contribution in [-0.2, 0) is 4.74 Å². The Bertz CT molecular complexity index is 501. The maximum absolute atomic E-state index is 5.96. The van der Waals surface area contributed by atoms with E-state index in [0.29, 0.717) is 0 Å². The highest BCUT2D eigenvalue weighted by Crippen LogP contribution is 2.15. The molecule has 2 aliphatic rings. The molecule has 1 unspecified atom stereocenters. The fourth-order valence-electron chi connectivity index (χ4n) is 3.00. The van der Waals surface area contributed by atoms with E-state index in [0.717, 1.165) is 69.6 Å². The summed E-state index contributed by atoms with van der Waals surface area (Å²) in [4.78, 5) is 16.3. The van der Waals surface area contributed by atoms with Gasteiger partial charge in [-0.2, -0.15) is 0 Å². The maximum Gasteiger partial charge on any atom is 0.225 e. The smallest absolute Gasteiger partial charge is 0.225 e. The number of aryl methyl sites for hydroxylation is 2. The van der Waals surface area contributed by atoms with Gasteiger partial charge in [-0.1, -0.05) is 0 Å². The molecule has 2 aliphatic heterocycles. The molecule has 0 bridgehead atoms. The fraction of sp³-hybridized carbons (Fsp3) is 0.750. The largest absolute Gasteiger partial charge is 0.373 e. The topological polar surface area (TPSA) is 44.7 Å². The van der Waals surface area contributed by atoms with Crippen molar-refractivity contribution < 1.29 is 4.74 Å². The van der Waals surface area contributed by atoms with Crippen LogP contribution < -0.4 is 4.90 Å². The van der Waals surface area contributed by atoms with Crippen LogP contribution in [0.5, 0.6) is 0 Å². The van der Waals surface area contributed by atoms with Gasteiger partial charge >= 0.3 is 0 Å². The van der Waals surface area contributed by atoms with Crippen LogP contribution in [0.25, 0.3) is 0 Å². The van der Waals surface area contributed by atoms with E-state index in [1.165, 1.54) is 0 Å². The summed E-state index contributed by atoms with van der Waals surface area (Å²) in [6, 6.07) is 0. The Labute approximate surface area is 133 Å². The van der Waals surface area contributed by atoms with Gasteiger partial charge in [0.15, 0.2) is 0 Å². The van der Waals surface area contributed by atoms with Crippen LogP contribution >= 0.6 is 0 Å². The molecule has 122 valence electrons. The summed E-state index contributed by atoms with van der Waals surface area (Å²) >= 11 is 0. The number of piperazine rings is 1. The van der Waals surface area contributed by atoms with E-state index < -0.39 is 0 Å². The van der Waals surface area contributed by atoms with Crippen molar-refractivity contribution >= 4 is 5.95 Å². The number of morpholine rings is 1. The van der Waals surface area contributed by atoms with Gasteiger partial charge in [-0.05, 0) is 26.5 Å². The number of hydrogen-bond donors (Lipinski definition) is 0. The second-order valence-electron chi connectivity index (χ2n) is 6.48. The van der Waals surface area contributed by atoms with E-state index in [1.54, 1.807) is 0 Å². The third-order valence-electron chi connectivity index (χ3n) is 4.69. The zero-order chi connectivity index (χ0) is 15.5. The highest BCUT2D eigenvalue weighted by atomic mass is 16.5. The molecule has 0 aromatic carbocycles. The van der Waals surface area contributed by atoms with Crippen LogP contribution in [0.4, 0.5) is 5.95 Å². The van der Waals surface area contributed by atoms with Crippen molar-refractivity contribution in [3.63, 3.8) is 0 Å². The minimum atomic E-state index is 0.252. The minimum absolute atomic E-state index is 0.252. The Balaban J connectivity index is 1.58. The van der Waals surface area contributed by atoms with Gasteiger partial charge in [0.2, 0.25) is 5.95 Å². The third-order valence-corrected chi connectivity index (χ3v) is 4.69. The molecule has 1 aromatic heterocycles. The molecule has 0 radical (unpaired) electrons. The lowest BCUT2D eigenvalue weighted by molar-refractivity contribution is 0.00640. The van der Waals surface area contributed by atoms with Crippen molar-refractivity contribution in [2.75, 3.05) is 64.4 Å². The first-order valence-corrected chi connectivity index (χ1v) is 8.19. The molecular weight excluding hydrogens is 278 g/mol. The molecule has 3 rings (SSSR count). The summed E-state index contributed by atoms with van der Waals surface area (Å²) < 4.78 is 5.96. The highest BCUT2D eigenvalue weighted by Gasteiger charge is 2.25. The van der Waals surface area contributed by atoms with E-state index in [9.17, 15) is 0 Å². The molecule has 1 atom stereocenters. The molecule has 0 saturated carbocycles. The van der Waals surface area contributed by atoms with E-state index in [2.05, 4.69) is 38.6 Å². The van der Waals surface area contributed by atoms with Crippen LogP contribution in [0, 0.1) is 13.8 Å². The van der Waals surface area contributed by atoms with Crippen molar-refractivity contribution in [3.8, 4) is 0 Å². The monoisotopic (exact) mass is 305 g/mol. The lowest BCUT2D eigenvalue weighted by Crippen LogP contribution is -2.52. The summed E-state index contributed by atoms with van der Waals surface area (Å²) in [5.41, 5.74) is 2.21. The second kappa shape index (κ2) is 6.89. The van der Waals surface area contributed by atoms with Crippen LogP contribution in [0.3, 0.4) is 0 Å². The number of aromatic nitrogens is 2. The predicted octanol–water partition coefficient (Wildman–Crippen LogP) is 0.546. The number of rotatable bonds is 3. The number of ether oxygens (including phenoxy) is 1. The molecule has 3 heterocycles. The SMILES string of the molecule is Cc1cnc(N2CCOC(CN3CCN(C)CC3)C2)nc1C. The summed E-state index contributed by atoms with van der Waals surface area (Å²) in [6.45, 7) is 12.2. The van der Waals surface area contributed by atoms with Crippen molar-refractivity contribution in [1.82, 2.24) is 19.8 Å². The van der Waals surface area contributed by atoms with E-state index >= 15 is 0 Å². The molecule has 0 N–H and O–H groups in total. The fourth-order valence-corrected chi connectivity index (χ4v) is 3.00. The minimum Gasteiger partial charge on any atom is -0.373 e. The number of nitrogens with zero attached hydrogens (tertiary/aromatic N) is 5. The van der Waals surface area contributed by atoms with E-state index in [4.69, 9.17) is 4.74 Å². The maximum atomic E-state index is 5.96. The van der Waals surface area contributed by atoms with Gasteiger partial charge in [-0.15, -0.1) is 0 Å². The van der Waals surface area contributed by atoms with Crippen LogP contribution in [0.1, 0.15) is 11.3 Å². The first-order chi connectivity index (χ1) is 10.6. The number of anilines is 1. The second-order valence-corrected chi connectivity index (χ2v) is 6.48. The van der Waals surface area contributed by atoms with Gasteiger partial charge in [0.05, 0.1) is 12.7 Å². The molecule has 0 aliphatic carbocycles. The van der Waals surface area contributed by atoms with E-state index in [1.807, 2.05) is 13.1 Å². The first kappa shape index (κ1) is 15.6. The third kappa shape index (κ3) is 3.74. The summed E-state index contributed by atoms with van der Waals surface area (Å²) in [6.07, 6.45) is 2.17. The predicted molar refractivity (Wildman–Crippen MR) is 87.4 cm³/mol. The van der Waals surface area contributed by atoms with Crippen LogP contribution in [-0.4, -0.2) is 85.3 Å². The Morgan fingerprint density at radius 1 is 1.18 bits per heavy atom. The van der Waals surface area contributed by atoms with Crippen molar-refractivity contribution in [1.29, 1.82) is 0 Å².